The molecule has 1 aromatic rings. The first kappa shape index (κ1) is 16.0. The van der Waals surface area contributed by atoms with E-state index in [2.05, 4.69) is 10.2 Å². The Morgan fingerprint density at radius 2 is 2.00 bits per heavy atom. The van der Waals surface area contributed by atoms with Crippen molar-refractivity contribution in [2.45, 2.75) is 19.3 Å². The van der Waals surface area contributed by atoms with Crippen molar-refractivity contribution in [3.05, 3.63) is 30.3 Å². The zero-order chi connectivity index (χ0) is 15.1. The molecule has 0 bridgehead atoms. The Morgan fingerprint density at radius 3 is 2.62 bits per heavy atom. The monoisotopic (exact) mass is 289 g/mol. The van der Waals surface area contributed by atoms with Gasteiger partial charge in [0.15, 0.2) is 0 Å². The minimum Gasteiger partial charge on any atom is -0.316 e. The van der Waals surface area contributed by atoms with E-state index in [1.807, 2.05) is 49.3 Å². The molecule has 1 aliphatic rings. The molecule has 1 amide bonds. The average Bonchev–Trinajstić information content (AvgIpc) is 2.99. The van der Waals surface area contributed by atoms with E-state index in [0.29, 0.717) is 12.3 Å². The number of anilines is 1. The van der Waals surface area contributed by atoms with Crippen molar-refractivity contribution in [1.82, 2.24) is 10.2 Å². The van der Waals surface area contributed by atoms with Gasteiger partial charge in [0.25, 0.3) is 0 Å². The van der Waals surface area contributed by atoms with Crippen molar-refractivity contribution < 1.29 is 4.79 Å². The van der Waals surface area contributed by atoms with Crippen LogP contribution in [0.15, 0.2) is 30.3 Å². The molecule has 1 unspecified atom stereocenters. The van der Waals surface area contributed by atoms with Crippen LogP contribution in [0.3, 0.4) is 0 Å². The molecule has 1 fully saturated rings. The molecule has 4 nitrogen and oxygen atoms in total. The van der Waals surface area contributed by atoms with E-state index in [1.165, 1.54) is 6.42 Å². The van der Waals surface area contributed by atoms with Gasteiger partial charge in [-0.2, -0.15) is 0 Å². The van der Waals surface area contributed by atoms with E-state index in [4.69, 9.17) is 0 Å². The number of amides is 1. The highest BCUT2D eigenvalue weighted by atomic mass is 16.2. The topological polar surface area (TPSA) is 35.6 Å². The first-order valence-corrected chi connectivity index (χ1v) is 7.87. The third-order valence-corrected chi connectivity index (χ3v) is 4.07. The van der Waals surface area contributed by atoms with Gasteiger partial charge >= 0.3 is 0 Å². The van der Waals surface area contributed by atoms with Crippen LogP contribution in [0.1, 0.15) is 19.3 Å². The largest absolute Gasteiger partial charge is 0.316 e. The maximum Gasteiger partial charge on any atom is 0.227 e. The van der Waals surface area contributed by atoms with Crippen molar-refractivity contribution in [2.75, 3.05) is 45.2 Å². The fourth-order valence-corrected chi connectivity index (χ4v) is 2.73. The molecule has 0 aromatic heterocycles. The number of benzene rings is 1. The highest BCUT2D eigenvalue weighted by Crippen LogP contribution is 2.19. The minimum absolute atomic E-state index is 0.245. The summed E-state index contributed by atoms with van der Waals surface area (Å²) in [5.41, 5.74) is 1.01. The normalized spacial score (nSPS) is 18.1. The van der Waals surface area contributed by atoms with E-state index in [-0.39, 0.29) is 5.91 Å². The number of hydrogen-bond acceptors (Lipinski definition) is 3. The summed E-state index contributed by atoms with van der Waals surface area (Å²) in [6.07, 6.45) is 2.85. The Labute approximate surface area is 128 Å². The summed E-state index contributed by atoms with van der Waals surface area (Å²) in [6, 6.07) is 10.0. The highest BCUT2D eigenvalue weighted by Gasteiger charge is 2.19. The van der Waals surface area contributed by atoms with Gasteiger partial charge in [0.05, 0.1) is 0 Å². The molecule has 2 rings (SSSR count). The summed E-state index contributed by atoms with van der Waals surface area (Å²) in [5.74, 6) is 0.912. The summed E-state index contributed by atoms with van der Waals surface area (Å²) in [6.45, 7) is 3.79. The standard InChI is InChI=1S/C17H27N3O/c1-19(2)12-13-20(16-6-4-3-5-7-16)17(21)9-8-15-10-11-18-14-15/h3-7,15,18H,8-14H2,1-2H3. The molecule has 116 valence electrons. The summed E-state index contributed by atoms with van der Waals surface area (Å²) in [4.78, 5) is 16.6. The van der Waals surface area contributed by atoms with E-state index >= 15 is 0 Å². The van der Waals surface area contributed by atoms with E-state index < -0.39 is 0 Å². The maximum absolute atomic E-state index is 12.6. The van der Waals surface area contributed by atoms with Crippen LogP contribution >= 0.6 is 0 Å². The SMILES string of the molecule is CN(C)CCN(C(=O)CCC1CCNC1)c1ccccc1. The van der Waals surface area contributed by atoms with Crippen molar-refractivity contribution >= 4 is 11.6 Å². The number of para-hydroxylation sites is 1. The van der Waals surface area contributed by atoms with Crippen LogP contribution in [0.5, 0.6) is 0 Å². The molecule has 0 saturated carbocycles. The van der Waals surface area contributed by atoms with Crippen LogP contribution in [0.2, 0.25) is 0 Å². The Morgan fingerprint density at radius 1 is 1.24 bits per heavy atom. The predicted molar refractivity (Wildman–Crippen MR) is 87.6 cm³/mol. The second-order valence-electron chi connectivity index (χ2n) is 6.08. The van der Waals surface area contributed by atoms with Gasteiger partial charge in [-0.1, -0.05) is 18.2 Å². The molecule has 1 N–H and O–H groups in total. The molecular weight excluding hydrogens is 262 g/mol. The van der Waals surface area contributed by atoms with Crippen molar-refractivity contribution in [3.8, 4) is 0 Å². The van der Waals surface area contributed by atoms with Gasteiger partial charge in [-0.3, -0.25) is 4.79 Å². The number of likely N-dealkylation sites (N-methyl/N-ethyl adjacent to an activating group) is 1. The lowest BCUT2D eigenvalue weighted by Gasteiger charge is -2.25. The van der Waals surface area contributed by atoms with E-state index in [0.717, 1.165) is 38.3 Å². The third-order valence-electron chi connectivity index (χ3n) is 4.07. The van der Waals surface area contributed by atoms with Crippen LogP contribution in [-0.4, -0.2) is 51.1 Å². The Hall–Kier alpha value is -1.39. The van der Waals surface area contributed by atoms with Crippen molar-refractivity contribution in [3.63, 3.8) is 0 Å². The zero-order valence-corrected chi connectivity index (χ0v) is 13.2. The van der Waals surface area contributed by atoms with Gasteiger partial charge in [0, 0.05) is 25.2 Å². The summed E-state index contributed by atoms with van der Waals surface area (Å²) < 4.78 is 0. The molecule has 1 heterocycles. The van der Waals surface area contributed by atoms with Gasteiger partial charge < -0.3 is 15.1 Å². The quantitative estimate of drug-likeness (QED) is 0.833. The lowest BCUT2D eigenvalue weighted by atomic mass is 10.0. The van der Waals surface area contributed by atoms with Crippen LogP contribution in [0, 0.1) is 5.92 Å². The average molecular weight is 289 g/mol. The molecule has 1 saturated heterocycles. The van der Waals surface area contributed by atoms with Gasteiger partial charge in [-0.05, 0) is 58.1 Å². The third kappa shape index (κ3) is 5.14. The number of carbonyl (C=O) groups excluding carboxylic acids is 1. The number of nitrogens with zero attached hydrogens (tertiary/aromatic N) is 2. The summed E-state index contributed by atoms with van der Waals surface area (Å²) in [7, 11) is 4.08. The van der Waals surface area contributed by atoms with Crippen molar-refractivity contribution in [1.29, 1.82) is 0 Å². The number of nitrogens with one attached hydrogen (secondary N) is 1. The molecule has 4 heteroatoms. The Bertz CT molecular complexity index is 427. The maximum atomic E-state index is 12.6. The lowest BCUT2D eigenvalue weighted by molar-refractivity contribution is -0.118. The van der Waals surface area contributed by atoms with E-state index in [9.17, 15) is 4.79 Å². The second kappa shape index (κ2) is 8.15. The fourth-order valence-electron chi connectivity index (χ4n) is 2.73. The molecule has 21 heavy (non-hydrogen) atoms. The number of carbonyl (C=O) groups is 1. The molecule has 0 aliphatic carbocycles. The van der Waals surface area contributed by atoms with Crippen molar-refractivity contribution in [2.24, 2.45) is 5.92 Å². The summed E-state index contributed by atoms with van der Waals surface area (Å²) in [5, 5.41) is 3.37. The van der Waals surface area contributed by atoms with Crippen LogP contribution in [-0.2, 0) is 4.79 Å². The zero-order valence-electron chi connectivity index (χ0n) is 13.2. The number of hydrogen-bond donors (Lipinski definition) is 1. The molecule has 0 radical (unpaired) electrons. The van der Waals surface area contributed by atoms with Crippen LogP contribution in [0.4, 0.5) is 5.69 Å². The van der Waals surface area contributed by atoms with Gasteiger partial charge in [-0.15, -0.1) is 0 Å². The van der Waals surface area contributed by atoms with Crippen LogP contribution < -0.4 is 10.2 Å². The molecule has 0 spiro atoms. The van der Waals surface area contributed by atoms with Gasteiger partial charge in [-0.25, -0.2) is 0 Å². The Kier molecular flexibility index (Phi) is 6.21. The van der Waals surface area contributed by atoms with Gasteiger partial charge in [0.1, 0.15) is 0 Å². The first-order valence-electron chi connectivity index (χ1n) is 7.87. The van der Waals surface area contributed by atoms with Gasteiger partial charge in [0.2, 0.25) is 5.91 Å². The molecule has 1 aromatic carbocycles. The predicted octanol–water partition coefficient (Wildman–Crippen LogP) is 1.97. The second-order valence-corrected chi connectivity index (χ2v) is 6.08. The smallest absolute Gasteiger partial charge is 0.227 e. The summed E-state index contributed by atoms with van der Waals surface area (Å²) >= 11 is 0. The minimum atomic E-state index is 0.245. The molecular formula is C17H27N3O. The highest BCUT2D eigenvalue weighted by molar-refractivity contribution is 5.93. The number of rotatable bonds is 7. The first-order chi connectivity index (χ1) is 10.2. The Balaban J connectivity index is 1.94. The molecule has 1 aliphatic heterocycles. The lowest BCUT2D eigenvalue weighted by Crippen LogP contribution is -2.36. The van der Waals surface area contributed by atoms with Crippen LogP contribution in [0.25, 0.3) is 0 Å². The fraction of sp³-hybridized carbons (Fsp3) is 0.588. The molecule has 1 atom stereocenters. The van der Waals surface area contributed by atoms with E-state index in [1.54, 1.807) is 0 Å².